The number of carbonyl (C=O) groups excluding carboxylic acids is 1. The summed E-state index contributed by atoms with van der Waals surface area (Å²) < 4.78 is 40.2. The number of hydrogen-bond donors (Lipinski definition) is 2. The number of rotatable bonds is 6. The Hall–Kier alpha value is -1.72. The molecule has 1 amide bonds. The molecule has 0 bridgehead atoms. The molecule has 4 atom stereocenters. The Morgan fingerprint density at radius 2 is 1.86 bits per heavy atom. The highest BCUT2D eigenvalue weighted by atomic mass is 35.5. The van der Waals surface area contributed by atoms with Gasteiger partial charge in [-0.2, -0.15) is 4.31 Å². The van der Waals surface area contributed by atoms with Gasteiger partial charge < -0.3 is 19.9 Å². The highest BCUT2D eigenvalue weighted by molar-refractivity contribution is 7.89. The van der Waals surface area contributed by atoms with Gasteiger partial charge >= 0.3 is 0 Å². The maximum atomic E-state index is 13.5. The van der Waals surface area contributed by atoms with Crippen LogP contribution >= 0.6 is 23.2 Å². The van der Waals surface area contributed by atoms with E-state index < -0.39 is 28.3 Å². The van der Waals surface area contributed by atoms with Crippen molar-refractivity contribution in [2.24, 2.45) is 0 Å². The van der Waals surface area contributed by atoms with Gasteiger partial charge in [-0.05, 0) is 49.6 Å². The Morgan fingerprint density at radius 3 is 2.58 bits per heavy atom. The smallest absolute Gasteiger partial charge is 0.243 e. The maximum Gasteiger partial charge on any atom is 0.243 e. The molecule has 2 aromatic rings. The number of nitrogens with one attached hydrogen (secondary N) is 1. The van der Waals surface area contributed by atoms with E-state index in [1.54, 1.807) is 42.5 Å². The SMILES string of the molecule is Cc1ccc(S(=O)(=O)N2C[C@@H](O)COC[C@H]3O[C@@H](CC(=O)NCc4ccc(Cl)c(Cl)c4)CC[C@@H]32)cc1. The second kappa shape index (κ2) is 11.8. The van der Waals surface area contributed by atoms with Crippen molar-refractivity contribution in [2.75, 3.05) is 19.8 Å². The highest BCUT2D eigenvalue weighted by Gasteiger charge is 2.43. The third-order valence-corrected chi connectivity index (χ3v) is 9.09. The lowest BCUT2D eigenvalue weighted by Crippen LogP contribution is -2.57. The normalized spacial score (nSPS) is 25.4. The number of β-amino-alcohol motifs (C(OH)–C–C–N with tert-alkyl or cyclic N) is 1. The molecule has 36 heavy (non-hydrogen) atoms. The summed E-state index contributed by atoms with van der Waals surface area (Å²) >= 11 is 12.0. The minimum atomic E-state index is -3.87. The van der Waals surface area contributed by atoms with Gasteiger partial charge in [-0.25, -0.2) is 8.42 Å². The number of halogens is 2. The van der Waals surface area contributed by atoms with Gasteiger partial charge in [0.05, 0.1) is 58.9 Å². The van der Waals surface area contributed by atoms with E-state index in [2.05, 4.69) is 5.32 Å². The maximum absolute atomic E-state index is 13.5. The molecule has 196 valence electrons. The number of aliphatic hydroxyl groups excluding tert-OH is 1. The first-order valence-corrected chi connectivity index (χ1v) is 14.0. The number of nitrogens with zero attached hydrogens (tertiary/aromatic N) is 1. The summed E-state index contributed by atoms with van der Waals surface area (Å²) in [4.78, 5) is 12.7. The number of aliphatic hydroxyl groups is 1. The first-order valence-electron chi connectivity index (χ1n) is 11.8. The zero-order valence-corrected chi connectivity index (χ0v) is 22.2. The molecule has 0 saturated carbocycles. The van der Waals surface area contributed by atoms with Crippen molar-refractivity contribution < 1.29 is 27.8 Å². The Morgan fingerprint density at radius 1 is 1.11 bits per heavy atom. The Labute approximate surface area is 221 Å². The van der Waals surface area contributed by atoms with Crippen molar-refractivity contribution in [3.05, 3.63) is 63.6 Å². The van der Waals surface area contributed by atoms with Crippen LogP contribution in [0.25, 0.3) is 0 Å². The number of sulfonamides is 1. The molecule has 2 aliphatic heterocycles. The number of benzene rings is 2. The van der Waals surface area contributed by atoms with Crippen molar-refractivity contribution in [2.45, 2.75) is 62.0 Å². The molecule has 2 saturated heterocycles. The van der Waals surface area contributed by atoms with E-state index in [-0.39, 0.29) is 43.1 Å². The molecule has 0 radical (unpaired) electrons. The summed E-state index contributed by atoms with van der Waals surface area (Å²) in [6.45, 7) is 2.23. The monoisotopic (exact) mass is 556 g/mol. The summed E-state index contributed by atoms with van der Waals surface area (Å²) in [7, 11) is -3.87. The average Bonchev–Trinajstić information content (AvgIpc) is 2.83. The zero-order valence-electron chi connectivity index (χ0n) is 19.9. The molecular formula is C25H30Cl2N2O6S. The van der Waals surface area contributed by atoms with Gasteiger partial charge in [0.2, 0.25) is 15.9 Å². The molecule has 2 aromatic carbocycles. The van der Waals surface area contributed by atoms with Gasteiger partial charge in [-0.1, -0.05) is 47.0 Å². The second-order valence-electron chi connectivity index (χ2n) is 9.25. The van der Waals surface area contributed by atoms with Crippen LogP contribution in [0.4, 0.5) is 0 Å². The number of fused-ring (bicyclic) bond motifs is 1. The lowest BCUT2D eigenvalue weighted by molar-refractivity contribution is -0.146. The van der Waals surface area contributed by atoms with E-state index >= 15 is 0 Å². The van der Waals surface area contributed by atoms with Crippen molar-refractivity contribution in [3.8, 4) is 0 Å². The summed E-state index contributed by atoms with van der Waals surface area (Å²) in [6, 6.07) is 11.3. The number of amides is 1. The molecule has 2 heterocycles. The average molecular weight is 557 g/mol. The largest absolute Gasteiger partial charge is 0.389 e. The fourth-order valence-corrected chi connectivity index (χ4v) is 6.58. The van der Waals surface area contributed by atoms with Crippen LogP contribution in [0.2, 0.25) is 10.0 Å². The minimum absolute atomic E-state index is 0.00129. The van der Waals surface area contributed by atoms with Gasteiger partial charge in [0.1, 0.15) is 0 Å². The van der Waals surface area contributed by atoms with Crippen molar-refractivity contribution in [1.82, 2.24) is 9.62 Å². The van der Waals surface area contributed by atoms with Crippen LogP contribution in [-0.4, -0.2) is 67.8 Å². The number of ether oxygens (including phenoxy) is 2. The van der Waals surface area contributed by atoms with Gasteiger partial charge in [0.15, 0.2) is 0 Å². The highest BCUT2D eigenvalue weighted by Crippen LogP contribution is 2.31. The van der Waals surface area contributed by atoms with Gasteiger partial charge in [-0.3, -0.25) is 4.79 Å². The van der Waals surface area contributed by atoms with E-state index in [1.807, 2.05) is 6.92 Å². The van der Waals surface area contributed by atoms with Gasteiger partial charge in [0, 0.05) is 13.1 Å². The molecule has 0 aliphatic carbocycles. The fraction of sp³-hybridized carbons (Fsp3) is 0.480. The summed E-state index contributed by atoms with van der Waals surface area (Å²) in [5, 5.41) is 14.1. The molecule has 0 aromatic heterocycles. The van der Waals surface area contributed by atoms with Crippen LogP contribution in [-0.2, 0) is 30.8 Å². The van der Waals surface area contributed by atoms with Gasteiger partial charge in [0.25, 0.3) is 0 Å². The molecule has 11 heteroatoms. The van der Waals surface area contributed by atoms with Crippen LogP contribution < -0.4 is 5.32 Å². The number of aryl methyl sites for hydroxylation is 1. The first-order chi connectivity index (χ1) is 17.1. The lowest BCUT2D eigenvalue weighted by Gasteiger charge is -2.43. The van der Waals surface area contributed by atoms with Crippen molar-refractivity contribution >= 4 is 39.1 Å². The van der Waals surface area contributed by atoms with Crippen molar-refractivity contribution in [1.29, 1.82) is 0 Å². The summed E-state index contributed by atoms with van der Waals surface area (Å²) in [5.74, 6) is -0.184. The molecular weight excluding hydrogens is 527 g/mol. The molecule has 2 fully saturated rings. The van der Waals surface area contributed by atoms with Crippen LogP contribution in [0, 0.1) is 6.92 Å². The standard InChI is InChI=1S/C25H30Cl2N2O6S/c1-16-2-6-20(7-3-16)36(32,33)29-13-18(30)14-34-15-24-23(29)9-5-19(35-24)11-25(31)28-12-17-4-8-21(26)22(27)10-17/h2-4,6-8,10,18-19,23-24,30H,5,9,11-15H2,1H3,(H,28,31)/t18-,19-,23+,24-/m1/s1. The predicted molar refractivity (Wildman–Crippen MR) is 137 cm³/mol. The number of hydrogen-bond acceptors (Lipinski definition) is 6. The van der Waals surface area contributed by atoms with Crippen LogP contribution in [0.5, 0.6) is 0 Å². The van der Waals surface area contributed by atoms with Crippen LogP contribution in [0.3, 0.4) is 0 Å². The molecule has 0 unspecified atom stereocenters. The molecule has 2 aliphatic rings. The predicted octanol–water partition coefficient (Wildman–Crippen LogP) is 3.31. The van der Waals surface area contributed by atoms with E-state index in [4.69, 9.17) is 32.7 Å². The summed E-state index contributed by atoms with van der Waals surface area (Å²) in [6.07, 6.45) is -0.765. The van der Waals surface area contributed by atoms with E-state index in [0.717, 1.165) is 11.1 Å². The number of carbonyl (C=O) groups is 1. The van der Waals surface area contributed by atoms with Crippen LogP contribution in [0.1, 0.15) is 30.4 Å². The topological polar surface area (TPSA) is 105 Å². The van der Waals surface area contributed by atoms with Crippen LogP contribution in [0.15, 0.2) is 47.4 Å². The Balaban J connectivity index is 1.42. The van der Waals surface area contributed by atoms with E-state index in [1.165, 1.54) is 4.31 Å². The second-order valence-corrected chi connectivity index (χ2v) is 12.0. The van der Waals surface area contributed by atoms with E-state index in [0.29, 0.717) is 29.4 Å². The minimum Gasteiger partial charge on any atom is -0.389 e. The Bertz CT molecular complexity index is 1180. The molecule has 4 rings (SSSR count). The Kier molecular flexibility index (Phi) is 8.93. The first kappa shape index (κ1) is 27.3. The lowest BCUT2D eigenvalue weighted by atomic mass is 9.96. The van der Waals surface area contributed by atoms with E-state index in [9.17, 15) is 18.3 Å². The third-order valence-electron chi connectivity index (χ3n) is 6.45. The summed E-state index contributed by atoms with van der Waals surface area (Å²) in [5.41, 5.74) is 1.78. The zero-order chi connectivity index (χ0) is 25.9. The fourth-order valence-electron chi connectivity index (χ4n) is 4.55. The quantitative estimate of drug-likeness (QED) is 0.565. The molecule has 2 N–H and O–H groups in total. The molecule has 8 nitrogen and oxygen atoms in total. The molecule has 0 spiro atoms. The third kappa shape index (κ3) is 6.58. The van der Waals surface area contributed by atoms with Crippen molar-refractivity contribution in [3.63, 3.8) is 0 Å². The van der Waals surface area contributed by atoms with Gasteiger partial charge in [-0.15, -0.1) is 0 Å².